The van der Waals surface area contributed by atoms with Crippen molar-refractivity contribution in [2.24, 2.45) is 0 Å². The molecule has 0 radical (unpaired) electrons. The van der Waals surface area contributed by atoms with Crippen LogP contribution in [-0.4, -0.2) is 47.9 Å². The van der Waals surface area contributed by atoms with Crippen LogP contribution in [0.25, 0.3) is 0 Å². The molecule has 1 fully saturated rings. The Morgan fingerprint density at radius 3 is 2.95 bits per heavy atom. The molecule has 0 N–H and O–H groups in total. The topological polar surface area (TPSA) is 23.6 Å². The first-order chi connectivity index (χ1) is 9.17. The highest BCUT2D eigenvalue weighted by atomic mass is 79.9. The molecule has 0 aromatic carbocycles. The third-order valence-electron chi connectivity index (χ3n) is 3.82. The van der Waals surface area contributed by atoms with Gasteiger partial charge in [0, 0.05) is 23.6 Å². The SMILES string of the molecule is CCN(C[C@H]1CCCN1CC)C(=O)c1sccc1Br. The van der Waals surface area contributed by atoms with E-state index in [0.29, 0.717) is 6.04 Å². The standard InChI is InChI=1S/C14H21BrN2OS/c1-3-16-8-5-6-11(16)10-17(4-2)14(18)13-12(15)7-9-19-13/h7,9,11H,3-6,8,10H2,1-2H3/t11-/m1/s1. The molecule has 0 unspecified atom stereocenters. The van der Waals surface area contributed by atoms with E-state index in [2.05, 4.69) is 34.7 Å². The van der Waals surface area contributed by atoms with Gasteiger partial charge in [0.1, 0.15) is 4.88 Å². The first kappa shape index (κ1) is 15.0. The van der Waals surface area contributed by atoms with E-state index in [-0.39, 0.29) is 5.91 Å². The number of carbonyl (C=O) groups excluding carboxylic acids is 1. The maximum atomic E-state index is 12.5. The quantitative estimate of drug-likeness (QED) is 0.816. The molecule has 19 heavy (non-hydrogen) atoms. The minimum Gasteiger partial charge on any atom is -0.337 e. The molecule has 1 aromatic rings. The summed E-state index contributed by atoms with van der Waals surface area (Å²) in [4.78, 5) is 17.8. The molecule has 0 bridgehead atoms. The zero-order valence-corrected chi connectivity index (χ0v) is 14.0. The van der Waals surface area contributed by atoms with Crippen LogP contribution >= 0.6 is 27.3 Å². The van der Waals surface area contributed by atoms with Gasteiger partial charge in [0.25, 0.3) is 5.91 Å². The van der Waals surface area contributed by atoms with Crippen LogP contribution in [0.2, 0.25) is 0 Å². The fraction of sp³-hybridized carbons (Fsp3) is 0.643. The molecule has 0 aliphatic carbocycles. The third-order valence-corrected chi connectivity index (χ3v) is 5.64. The number of amides is 1. The zero-order chi connectivity index (χ0) is 13.8. The Balaban J connectivity index is 2.04. The average Bonchev–Trinajstić information content (AvgIpc) is 3.03. The summed E-state index contributed by atoms with van der Waals surface area (Å²) < 4.78 is 0.916. The predicted octanol–water partition coefficient (Wildman–Crippen LogP) is 3.46. The van der Waals surface area contributed by atoms with E-state index >= 15 is 0 Å². The smallest absolute Gasteiger partial charge is 0.265 e. The van der Waals surface area contributed by atoms with Gasteiger partial charge in [-0.3, -0.25) is 9.69 Å². The minimum atomic E-state index is 0.160. The maximum Gasteiger partial charge on any atom is 0.265 e. The van der Waals surface area contributed by atoms with Gasteiger partial charge in [-0.05, 0) is 60.2 Å². The number of hydrogen-bond donors (Lipinski definition) is 0. The number of likely N-dealkylation sites (tertiary alicyclic amines) is 1. The van der Waals surface area contributed by atoms with Gasteiger partial charge in [-0.1, -0.05) is 6.92 Å². The number of carbonyl (C=O) groups is 1. The van der Waals surface area contributed by atoms with E-state index in [4.69, 9.17) is 0 Å². The monoisotopic (exact) mass is 344 g/mol. The summed E-state index contributed by atoms with van der Waals surface area (Å²) in [5.41, 5.74) is 0. The lowest BCUT2D eigenvalue weighted by atomic mass is 10.2. The van der Waals surface area contributed by atoms with Gasteiger partial charge in [-0.25, -0.2) is 0 Å². The lowest BCUT2D eigenvalue weighted by Crippen LogP contribution is -2.42. The van der Waals surface area contributed by atoms with Crippen molar-refractivity contribution in [1.29, 1.82) is 0 Å². The van der Waals surface area contributed by atoms with Crippen LogP contribution in [0.1, 0.15) is 36.4 Å². The number of halogens is 1. The van der Waals surface area contributed by atoms with E-state index in [0.717, 1.165) is 29.0 Å². The first-order valence-electron chi connectivity index (χ1n) is 6.93. The van der Waals surface area contributed by atoms with Crippen molar-refractivity contribution in [2.75, 3.05) is 26.2 Å². The molecule has 5 heteroatoms. The van der Waals surface area contributed by atoms with Crippen molar-refractivity contribution < 1.29 is 4.79 Å². The molecule has 1 aromatic heterocycles. The summed E-state index contributed by atoms with van der Waals surface area (Å²) >= 11 is 4.97. The fourth-order valence-electron chi connectivity index (χ4n) is 2.72. The first-order valence-corrected chi connectivity index (χ1v) is 8.61. The lowest BCUT2D eigenvalue weighted by molar-refractivity contribution is 0.0721. The van der Waals surface area contributed by atoms with Crippen LogP contribution in [0.15, 0.2) is 15.9 Å². The Morgan fingerprint density at radius 2 is 2.37 bits per heavy atom. The van der Waals surface area contributed by atoms with Crippen molar-refractivity contribution in [2.45, 2.75) is 32.7 Å². The summed E-state index contributed by atoms with van der Waals surface area (Å²) in [5, 5.41) is 1.96. The Kier molecular flexibility index (Phi) is 5.42. The van der Waals surface area contributed by atoms with Crippen molar-refractivity contribution in [3.8, 4) is 0 Å². The fourth-order valence-corrected chi connectivity index (χ4v) is 4.23. The summed E-state index contributed by atoms with van der Waals surface area (Å²) in [5.74, 6) is 0.160. The zero-order valence-electron chi connectivity index (χ0n) is 11.6. The summed E-state index contributed by atoms with van der Waals surface area (Å²) in [7, 11) is 0. The second-order valence-corrected chi connectivity index (χ2v) is 6.64. The number of rotatable bonds is 5. The van der Waals surface area contributed by atoms with E-state index in [1.165, 1.54) is 30.7 Å². The molecule has 2 heterocycles. The van der Waals surface area contributed by atoms with Crippen molar-refractivity contribution in [3.05, 3.63) is 20.8 Å². The van der Waals surface area contributed by atoms with Gasteiger partial charge in [0.15, 0.2) is 0 Å². The van der Waals surface area contributed by atoms with Gasteiger partial charge in [0.05, 0.1) is 0 Å². The molecule has 1 aliphatic heterocycles. The average molecular weight is 345 g/mol. The van der Waals surface area contributed by atoms with E-state index < -0.39 is 0 Å². The molecule has 2 rings (SSSR count). The Hall–Kier alpha value is -0.390. The van der Waals surface area contributed by atoms with Gasteiger partial charge < -0.3 is 4.90 Å². The molecule has 1 amide bonds. The van der Waals surface area contributed by atoms with Crippen LogP contribution < -0.4 is 0 Å². The van der Waals surface area contributed by atoms with Crippen LogP contribution in [0.5, 0.6) is 0 Å². The van der Waals surface area contributed by atoms with Crippen molar-refractivity contribution in [1.82, 2.24) is 9.80 Å². The second-order valence-electron chi connectivity index (χ2n) is 4.87. The molecular weight excluding hydrogens is 324 g/mol. The molecule has 3 nitrogen and oxygen atoms in total. The van der Waals surface area contributed by atoms with Crippen LogP contribution in [-0.2, 0) is 0 Å². The van der Waals surface area contributed by atoms with Gasteiger partial charge >= 0.3 is 0 Å². The second kappa shape index (κ2) is 6.86. The van der Waals surface area contributed by atoms with E-state index in [9.17, 15) is 4.79 Å². The summed E-state index contributed by atoms with van der Waals surface area (Å²) in [6.07, 6.45) is 2.47. The maximum absolute atomic E-state index is 12.5. The normalized spacial score (nSPS) is 19.8. The van der Waals surface area contributed by atoms with Crippen LogP contribution in [0.4, 0.5) is 0 Å². The number of thiophene rings is 1. The van der Waals surface area contributed by atoms with Crippen LogP contribution in [0.3, 0.4) is 0 Å². The molecular formula is C14H21BrN2OS. The van der Waals surface area contributed by atoms with Gasteiger partial charge in [0.2, 0.25) is 0 Å². The molecule has 1 saturated heterocycles. The molecule has 0 saturated carbocycles. The van der Waals surface area contributed by atoms with Crippen molar-refractivity contribution in [3.63, 3.8) is 0 Å². The highest BCUT2D eigenvalue weighted by molar-refractivity contribution is 9.10. The Morgan fingerprint density at radius 1 is 1.58 bits per heavy atom. The van der Waals surface area contributed by atoms with E-state index in [1.807, 2.05) is 16.3 Å². The third kappa shape index (κ3) is 3.38. The molecule has 106 valence electrons. The number of hydrogen-bond acceptors (Lipinski definition) is 3. The van der Waals surface area contributed by atoms with Crippen LogP contribution in [0, 0.1) is 0 Å². The Bertz CT molecular complexity index is 435. The van der Waals surface area contributed by atoms with E-state index in [1.54, 1.807) is 0 Å². The van der Waals surface area contributed by atoms with Crippen molar-refractivity contribution >= 4 is 33.2 Å². The largest absolute Gasteiger partial charge is 0.337 e. The molecule has 1 atom stereocenters. The Labute approximate surface area is 127 Å². The number of nitrogens with zero attached hydrogens (tertiary/aromatic N) is 2. The number of likely N-dealkylation sites (N-methyl/N-ethyl adjacent to an activating group) is 2. The summed E-state index contributed by atoms with van der Waals surface area (Å²) in [6.45, 7) is 8.15. The molecule has 1 aliphatic rings. The molecule has 0 spiro atoms. The lowest BCUT2D eigenvalue weighted by Gasteiger charge is -2.29. The van der Waals surface area contributed by atoms with Gasteiger partial charge in [-0.2, -0.15) is 0 Å². The highest BCUT2D eigenvalue weighted by Gasteiger charge is 2.27. The summed E-state index contributed by atoms with van der Waals surface area (Å²) in [6, 6.07) is 2.48. The predicted molar refractivity (Wildman–Crippen MR) is 83.9 cm³/mol. The van der Waals surface area contributed by atoms with Gasteiger partial charge in [-0.15, -0.1) is 11.3 Å². The minimum absolute atomic E-state index is 0.160. The highest BCUT2D eigenvalue weighted by Crippen LogP contribution is 2.25.